The molecule has 6 nitrogen and oxygen atoms in total. The number of halogens is 1. The van der Waals surface area contributed by atoms with E-state index in [9.17, 15) is 0 Å². The zero-order valence-corrected chi connectivity index (χ0v) is 17.1. The molecule has 3 heterocycles. The molecule has 1 unspecified atom stereocenters. The van der Waals surface area contributed by atoms with E-state index in [4.69, 9.17) is 4.74 Å². The van der Waals surface area contributed by atoms with Crippen molar-refractivity contribution in [3.05, 3.63) is 52.8 Å². The summed E-state index contributed by atoms with van der Waals surface area (Å²) in [5, 5.41) is 12.8. The third kappa shape index (κ3) is 4.06. The van der Waals surface area contributed by atoms with E-state index >= 15 is 0 Å². The Bertz CT molecular complexity index is 941. The SMILES string of the molecule is CCCCSc1nnc2c(n1)OC(c1cccnc1)Nc1ccc(Br)cc1-2. The highest BCUT2D eigenvalue weighted by atomic mass is 79.9. The second-order valence-corrected chi connectivity index (χ2v) is 8.05. The lowest BCUT2D eigenvalue weighted by Gasteiger charge is -2.18. The highest BCUT2D eigenvalue weighted by molar-refractivity contribution is 9.10. The number of aromatic nitrogens is 4. The van der Waals surface area contributed by atoms with E-state index in [0.29, 0.717) is 16.7 Å². The van der Waals surface area contributed by atoms with Gasteiger partial charge >= 0.3 is 0 Å². The van der Waals surface area contributed by atoms with Gasteiger partial charge in [0.05, 0.1) is 0 Å². The summed E-state index contributed by atoms with van der Waals surface area (Å²) in [4.78, 5) is 8.84. The quantitative estimate of drug-likeness (QED) is 0.434. The molecule has 3 aromatic rings. The molecular weight excluding hydrogens is 426 g/mol. The second kappa shape index (κ2) is 8.22. The molecule has 0 bridgehead atoms. The molecule has 27 heavy (non-hydrogen) atoms. The van der Waals surface area contributed by atoms with Gasteiger partial charge in [0.25, 0.3) is 0 Å². The number of ether oxygens (including phenoxy) is 1. The first kappa shape index (κ1) is 18.2. The summed E-state index contributed by atoms with van der Waals surface area (Å²) in [5.41, 5.74) is 3.35. The zero-order chi connectivity index (χ0) is 18.6. The predicted octanol–water partition coefficient (Wildman–Crippen LogP) is 5.09. The minimum atomic E-state index is -0.412. The predicted molar refractivity (Wildman–Crippen MR) is 110 cm³/mol. The molecule has 2 aromatic heterocycles. The zero-order valence-electron chi connectivity index (χ0n) is 14.7. The molecule has 0 fully saturated rings. The maximum absolute atomic E-state index is 6.22. The van der Waals surface area contributed by atoms with Crippen LogP contribution in [0.4, 0.5) is 5.69 Å². The van der Waals surface area contributed by atoms with E-state index in [0.717, 1.165) is 39.9 Å². The molecule has 138 valence electrons. The van der Waals surface area contributed by atoms with E-state index in [-0.39, 0.29) is 0 Å². The van der Waals surface area contributed by atoms with Crippen LogP contribution in [0.1, 0.15) is 31.6 Å². The Kier molecular flexibility index (Phi) is 5.54. The van der Waals surface area contributed by atoms with Crippen molar-refractivity contribution in [1.29, 1.82) is 0 Å². The van der Waals surface area contributed by atoms with E-state index in [1.54, 1.807) is 24.2 Å². The van der Waals surface area contributed by atoms with Gasteiger partial charge in [0, 0.05) is 39.4 Å². The normalized spacial score (nSPS) is 15.1. The number of nitrogens with zero attached hydrogens (tertiary/aromatic N) is 4. The Hall–Kier alpha value is -2.19. The average Bonchev–Trinajstić information content (AvgIpc) is 2.85. The van der Waals surface area contributed by atoms with Crippen molar-refractivity contribution >= 4 is 33.4 Å². The largest absolute Gasteiger partial charge is 0.448 e. The van der Waals surface area contributed by atoms with Gasteiger partial charge in [-0.2, -0.15) is 4.98 Å². The number of hydrogen-bond donors (Lipinski definition) is 1. The second-order valence-electron chi connectivity index (χ2n) is 6.07. The first-order chi connectivity index (χ1) is 13.2. The molecule has 0 spiro atoms. The van der Waals surface area contributed by atoms with Gasteiger partial charge in [-0.15, -0.1) is 10.2 Å². The van der Waals surface area contributed by atoms with Crippen LogP contribution in [0.5, 0.6) is 5.88 Å². The van der Waals surface area contributed by atoms with Crippen molar-refractivity contribution in [2.24, 2.45) is 0 Å². The van der Waals surface area contributed by atoms with Crippen LogP contribution < -0.4 is 10.1 Å². The summed E-state index contributed by atoms with van der Waals surface area (Å²) in [6.07, 6.45) is 5.36. The fraction of sp³-hybridized carbons (Fsp3) is 0.263. The van der Waals surface area contributed by atoms with E-state index < -0.39 is 6.23 Å². The van der Waals surface area contributed by atoms with Crippen molar-refractivity contribution in [3.63, 3.8) is 0 Å². The van der Waals surface area contributed by atoms with Crippen molar-refractivity contribution in [3.8, 4) is 17.1 Å². The molecule has 0 saturated heterocycles. The molecule has 8 heteroatoms. The van der Waals surface area contributed by atoms with Crippen LogP contribution in [0.3, 0.4) is 0 Å². The minimum Gasteiger partial charge on any atom is -0.448 e. The summed E-state index contributed by atoms with van der Waals surface area (Å²) in [6.45, 7) is 2.17. The smallest absolute Gasteiger partial charge is 0.247 e. The van der Waals surface area contributed by atoms with Crippen LogP contribution in [0.25, 0.3) is 11.3 Å². The number of pyridine rings is 1. The molecule has 1 aromatic carbocycles. The minimum absolute atomic E-state index is 0.412. The Morgan fingerprint density at radius 1 is 1.26 bits per heavy atom. The monoisotopic (exact) mass is 443 g/mol. The molecule has 1 aliphatic rings. The van der Waals surface area contributed by atoms with Crippen molar-refractivity contribution in [2.45, 2.75) is 31.1 Å². The van der Waals surface area contributed by atoms with Crippen LogP contribution in [0, 0.1) is 0 Å². The molecular formula is C19H18BrN5OS. The highest BCUT2D eigenvalue weighted by Crippen LogP contribution is 2.40. The highest BCUT2D eigenvalue weighted by Gasteiger charge is 2.26. The van der Waals surface area contributed by atoms with E-state index in [1.807, 2.05) is 30.3 Å². The van der Waals surface area contributed by atoms with Crippen LogP contribution in [-0.2, 0) is 0 Å². The summed E-state index contributed by atoms with van der Waals surface area (Å²) in [7, 11) is 0. The number of anilines is 1. The third-order valence-electron chi connectivity index (χ3n) is 4.10. The lowest BCUT2D eigenvalue weighted by Crippen LogP contribution is -2.17. The lowest BCUT2D eigenvalue weighted by atomic mass is 10.1. The Morgan fingerprint density at radius 3 is 3.00 bits per heavy atom. The molecule has 0 aliphatic carbocycles. The molecule has 4 rings (SSSR count). The number of thioether (sulfide) groups is 1. The summed E-state index contributed by atoms with van der Waals surface area (Å²) in [5.74, 6) is 1.44. The Balaban J connectivity index is 1.76. The van der Waals surface area contributed by atoms with Gasteiger partial charge in [-0.05, 0) is 30.7 Å². The average molecular weight is 444 g/mol. The summed E-state index contributed by atoms with van der Waals surface area (Å²) >= 11 is 5.13. The molecule has 0 amide bonds. The fourth-order valence-corrected chi connectivity index (χ4v) is 3.94. The van der Waals surface area contributed by atoms with Crippen molar-refractivity contribution in [1.82, 2.24) is 20.2 Å². The van der Waals surface area contributed by atoms with Gasteiger partial charge in [0.1, 0.15) is 0 Å². The first-order valence-electron chi connectivity index (χ1n) is 8.75. The Labute approximate surface area is 170 Å². The molecule has 1 atom stereocenters. The lowest BCUT2D eigenvalue weighted by molar-refractivity contribution is 0.225. The standard InChI is InChI=1S/C19H18BrN5OS/c1-2-3-9-27-19-23-18-16(24-25-19)14-10-13(20)6-7-15(14)22-17(26-18)12-5-4-8-21-11-12/h4-8,10-11,17,22H,2-3,9H2,1H3. The summed E-state index contributed by atoms with van der Waals surface area (Å²) in [6, 6.07) is 9.83. The van der Waals surface area contributed by atoms with Crippen LogP contribution in [0.15, 0.2) is 52.4 Å². The number of nitrogens with one attached hydrogen (secondary N) is 1. The molecule has 0 radical (unpaired) electrons. The van der Waals surface area contributed by atoms with Gasteiger partial charge in [0.15, 0.2) is 11.9 Å². The van der Waals surface area contributed by atoms with Crippen molar-refractivity contribution < 1.29 is 4.74 Å². The van der Waals surface area contributed by atoms with Crippen LogP contribution in [-0.4, -0.2) is 25.9 Å². The van der Waals surface area contributed by atoms with Crippen molar-refractivity contribution in [2.75, 3.05) is 11.1 Å². The van der Waals surface area contributed by atoms with Gasteiger partial charge in [0.2, 0.25) is 11.0 Å². The van der Waals surface area contributed by atoms with Crippen LogP contribution >= 0.6 is 27.7 Å². The first-order valence-corrected chi connectivity index (χ1v) is 10.5. The summed E-state index contributed by atoms with van der Waals surface area (Å²) < 4.78 is 7.17. The molecule has 0 saturated carbocycles. The van der Waals surface area contributed by atoms with E-state index in [2.05, 4.69) is 48.3 Å². The maximum atomic E-state index is 6.22. The van der Waals surface area contributed by atoms with E-state index in [1.165, 1.54) is 0 Å². The third-order valence-corrected chi connectivity index (χ3v) is 5.52. The van der Waals surface area contributed by atoms with Gasteiger partial charge in [-0.3, -0.25) is 4.98 Å². The van der Waals surface area contributed by atoms with Gasteiger partial charge in [-0.25, -0.2) is 0 Å². The number of rotatable bonds is 5. The number of hydrogen-bond acceptors (Lipinski definition) is 7. The molecule has 1 aliphatic heterocycles. The van der Waals surface area contributed by atoms with Gasteiger partial charge in [-0.1, -0.05) is 47.1 Å². The molecule has 1 N–H and O–H groups in total. The maximum Gasteiger partial charge on any atom is 0.247 e. The topological polar surface area (TPSA) is 72.8 Å². The number of fused-ring (bicyclic) bond motifs is 3. The van der Waals surface area contributed by atoms with Crippen LogP contribution in [0.2, 0.25) is 0 Å². The fourth-order valence-electron chi connectivity index (χ4n) is 2.72. The Morgan fingerprint density at radius 2 is 2.19 bits per heavy atom. The number of benzene rings is 1. The van der Waals surface area contributed by atoms with Gasteiger partial charge < -0.3 is 10.1 Å². The number of unbranched alkanes of at least 4 members (excludes halogenated alkanes) is 1.